The maximum absolute atomic E-state index is 10.4. The number of carboxylic acid groups (broad SMARTS) is 1. The monoisotopic (exact) mass is 270 g/mol. The SMILES string of the molecule is C/C(=C\C(=O)O)CC/C=C(\C)CCC(O)C(C)(C)O. The van der Waals surface area contributed by atoms with Crippen molar-refractivity contribution in [2.75, 3.05) is 0 Å². The number of allylic oxidation sites excluding steroid dienone is 3. The van der Waals surface area contributed by atoms with Gasteiger partial charge in [0.15, 0.2) is 0 Å². The predicted octanol–water partition coefficient (Wildman–Crippen LogP) is 2.66. The van der Waals surface area contributed by atoms with Crippen LogP contribution in [0.2, 0.25) is 0 Å². The Bertz CT molecular complexity index is 348. The molecule has 3 N–H and O–H groups in total. The number of carboxylic acids is 1. The number of carbonyl (C=O) groups is 1. The molecule has 4 nitrogen and oxygen atoms in total. The molecule has 0 bridgehead atoms. The molecule has 0 aliphatic heterocycles. The summed E-state index contributed by atoms with van der Waals surface area (Å²) in [6.45, 7) is 6.97. The molecule has 0 aromatic carbocycles. The number of aliphatic carboxylic acids is 1. The average Bonchev–Trinajstić information content (AvgIpc) is 2.23. The van der Waals surface area contributed by atoms with E-state index in [9.17, 15) is 15.0 Å². The minimum Gasteiger partial charge on any atom is -0.478 e. The quantitative estimate of drug-likeness (QED) is 0.468. The molecule has 0 aromatic rings. The molecule has 110 valence electrons. The second-order valence-electron chi connectivity index (χ2n) is 5.63. The number of hydrogen-bond acceptors (Lipinski definition) is 3. The van der Waals surface area contributed by atoms with Crippen LogP contribution in [0.15, 0.2) is 23.3 Å². The van der Waals surface area contributed by atoms with Crippen molar-refractivity contribution in [2.45, 2.75) is 65.1 Å². The molecule has 4 heteroatoms. The van der Waals surface area contributed by atoms with E-state index >= 15 is 0 Å². The fourth-order valence-corrected chi connectivity index (χ4v) is 1.65. The Kier molecular flexibility index (Phi) is 7.64. The summed E-state index contributed by atoms with van der Waals surface area (Å²) in [4.78, 5) is 10.4. The van der Waals surface area contributed by atoms with Crippen LogP contribution in [0.1, 0.15) is 53.4 Å². The van der Waals surface area contributed by atoms with Crippen LogP contribution in [-0.2, 0) is 4.79 Å². The second kappa shape index (κ2) is 8.12. The van der Waals surface area contributed by atoms with E-state index in [1.807, 2.05) is 6.92 Å². The lowest BCUT2D eigenvalue weighted by molar-refractivity contribution is -0.131. The highest BCUT2D eigenvalue weighted by molar-refractivity contribution is 5.80. The summed E-state index contributed by atoms with van der Waals surface area (Å²) < 4.78 is 0. The molecule has 0 fully saturated rings. The third kappa shape index (κ3) is 9.45. The molecule has 0 aliphatic carbocycles. The van der Waals surface area contributed by atoms with Gasteiger partial charge in [0.25, 0.3) is 0 Å². The van der Waals surface area contributed by atoms with Crippen molar-refractivity contribution in [1.29, 1.82) is 0 Å². The molecule has 0 saturated carbocycles. The summed E-state index contributed by atoms with van der Waals surface area (Å²) in [7, 11) is 0. The van der Waals surface area contributed by atoms with Gasteiger partial charge in [0, 0.05) is 6.08 Å². The fraction of sp³-hybridized carbons (Fsp3) is 0.667. The summed E-state index contributed by atoms with van der Waals surface area (Å²) >= 11 is 0. The average molecular weight is 270 g/mol. The van der Waals surface area contributed by atoms with Crippen molar-refractivity contribution < 1.29 is 20.1 Å². The molecule has 0 amide bonds. The molecule has 1 atom stereocenters. The van der Waals surface area contributed by atoms with Gasteiger partial charge >= 0.3 is 5.97 Å². The first-order valence-corrected chi connectivity index (χ1v) is 6.59. The molecule has 0 saturated heterocycles. The number of aliphatic hydroxyl groups is 2. The van der Waals surface area contributed by atoms with Crippen LogP contribution < -0.4 is 0 Å². The summed E-state index contributed by atoms with van der Waals surface area (Å²) in [6.07, 6.45) is 5.31. The minimum atomic E-state index is -1.07. The van der Waals surface area contributed by atoms with Crippen molar-refractivity contribution in [1.82, 2.24) is 0 Å². The second-order valence-corrected chi connectivity index (χ2v) is 5.63. The van der Waals surface area contributed by atoms with E-state index < -0.39 is 17.7 Å². The van der Waals surface area contributed by atoms with Crippen molar-refractivity contribution in [3.8, 4) is 0 Å². The van der Waals surface area contributed by atoms with Crippen LogP contribution in [-0.4, -0.2) is 33.0 Å². The van der Waals surface area contributed by atoms with Gasteiger partial charge in [-0.15, -0.1) is 0 Å². The van der Waals surface area contributed by atoms with Crippen LogP contribution in [0.4, 0.5) is 0 Å². The zero-order chi connectivity index (χ0) is 15.1. The Morgan fingerprint density at radius 3 is 2.26 bits per heavy atom. The zero-order valence-electron chi connectivity index (χ0n) is 12.3. The molecule has 0 spiro atoms. The first-order valence-electron chi connectivity index (χ1n) is 6.59. The third-order valence-electron chi connectivity index (χ3n) is 3.03. The molecule has 0 heterocycles. The van der Waals surface area contributed by atoms with E-state index in [-0.39, 0.29) is 0 Å². The summed E-state index contributed by atoms with van der Waals surface area (Å²) in [5.41, 5.74) is 0.917. The highest BCUT2D eigenvalue weighted by Crippen LogP contribution is 2.17. The summed E-state index contributed by atoms with van der Waals surface area (Å²) in [5.74, 6) is -0.911. The predicted molar refractivity (Wildman–Crippen MR) is 75.9 cm³/mol. The van der Waals surface area contributed by atoms with E-state index in [1.54, 1.807) is 20.8 Å². The van der Waals surface area contributed by atoms with Crippen LogP contribution in [0, 0.1) is 0 Å². The molecule has 19 heavy (non-hydrogen) atoms. The van der Waals surface area contributed by atoms with Crippen molar-refractivity contribution in [3.05, 3.63) is 23.3 Å². The highest BCUT2D eigenvalue weighted by Gasteiger charge is 2.23. The van der Waals surface area contributed by atoms with E-state index in [2.05, 4.69) is 6.08 Å². The topological polar surface area (TPSA) is 77.8 Å². The molecule has 0 rings (SSSR count). The maximum atomic E-state index is 10.4. The normalized spacial score (nSPS) is 15.5. The number of aliphatic hydroxyl groups excluding tert-OH is 1. The van der Waals surface area contributed by atoms with Gasteiger partial charge in [-0.25, -0.2) is 4.79 Å². The third-order valence-corrected chi connectivity index (χ3v) is 3.03. The van der Waals surface area contributed by atoms with Crippen molar-refractivity contribution in [2.24, 2.45) is 0 Å². The Balaban J connectivity index is 4.06. The van der Waals surface area contributed by atoms with Crippen molar-refractivity contribution in [3.63, 3.8) is 0 Å². The number of rotatable bonds is 8. The Hall–Kier alpha value is -1.13. The van der Waals surface area contributed by atoms with Gasteiger partial charge in [0.05, 0.1) is 11.7 Å². The maximum Gasteiger partial charge on any atom is 0.328 e. The highest BCUT2D eigenvalue weighted by atomic mass is 16.4. The van der Waals surface area contributed by atoms with Gasteiger partial charge < -0.3 is 15.3 Å². The van der Waals surface area contributed by atoms with Gasteiger partial charge in [-0.05, 0) is 53.4 Å². The standard InChI is InChI=1S/C15H26O4/c1-11(8-9-13(16)15(3,4)19)6-5-7-12(2)10-14(17)18/h6,10,13,16,19H,5,7-9H2,1-4H3,(H,17,18)/b11-6+,12-10+. The first kappa shape index (κ1) is 17.9. The first-order chi connectivity index (χ1) is 8.62. The van der Waals surface area contributed by atoms with Crippen LogP contribution >= 0.6 is 0 Å². The Morgan fingerprint density at radius 2 is 1.79 bits per heavy atom. The van der Waals surface area contributed by atoms with Crippen LogP contribution in [0.3, 0.4) is 0 Å². The fourth-order valence-electron chi connectivity index (χ4n) is 1.65. The lowest BCUT2D eigenvalue weighted by Gasteiger charge is -2.24. The largest absolute Gasteiger partial charge is 0.478 e. The van der Waals surface area contributed by atoms with E-state index in [0.29, 0.717) is 6.42 Å². The smallest absolute Gasteiger partial charge is 0.328 e. The molecule has 0 radical (unpaired) electrons. The van der Waals surface area contributed by atoms with E-state index in [4.69, 9.17) is 5.11 Å². The van der Waals surface area contributed by atoms with E-state index in [1.165, 1.54) is 6.08 Å². The van der Waals surface area contributed by atoms with Crippen molar-refractivity contribution >= 4 is 5.97 Å². The van der Waals surface area contributed by atoms with Gasteiger partial charge in [-0.2, -0.15) is 0 Å². The van der Waals surface area contributed by atoms with Gasteiger partial charge in [-0.1, -0.05) is 17.2 Å². The molecule has 1 unspecified atom stereocenters. The lowest BCUT2D eigenvalue weighted by Crippen LogP contribution is -2.35. The summed E-state index contributed by atoms with van der Waals surface area (Å²) in [5, 5.41) is 27.9. The lowest BCUT2D eigenvalue weighted by atomic mass is 9.95. The van der Waals surface area contributed by atoms with Gasteiger partial charge in [0.2, 0.25) is 0 Å². The van der Waals surface area contributed by atoms with Crippen LogP contribution in [0.5, 0.6) is 0 Å². The molecule has 0 aromatic heterocycles. The summed E-state index contributed by atoms with van der Waals surface area (Å²) in [6, 6.07) is 0. The number of hydrogen-bond donors (Lipinski definition) is 3. The Labute approximate surface area is 115 Å². The zero-order valence-corrected chi connectivity index (χ0v) is 12.3. The van der Waals surface area contributed by atoms with Gasteiger partial charge in [0.1, 0.15) is 0 Å². The van der Waals surface area contributed by atoms with E-state index in [0.717, 1.165) is 30.4 Å². The molecular weight excluding hydrogens is 244 g/mol. The molecule has 0 aliphatic rings. The van der Waals surface area contributed by atoms with Crippen LogP contribution in [0.25, 0.3) is 0 Å². The minimum absolute atomic E-state index is 0.524. The van der Waals surface area contributed by atoms with Gasteiger partial charge in [-0.3, -0.25) is 0 Å². The molecular formula is C15H26O4. The Morgan fingerprint density at radius 1 is 1.21 bits per heavy atom.